The van der Waals surface area contributed by atoms with Gasteiger partial charge in [-0.05, 0) is 12.0 Å². The van der Waals surface area contributed by atoms with Crippen LogP contribution in [0.1, 0.15) is 18.4 Å². The van der Waals surface area contributed by atoms with Crippen molar-refractivity contribution >= 4 is 0 Å². The van der Waals surface area contributed by atoms with Gasteiger partial charge in [-0.2, -0.15) is 13.2 Å². The van der Waals surface area contributed by atoms with Gasteiger partial charge in [-0.15, -0.1) is 0 Å². The third-order valence-corrected chi connectivity index (χ3v) is 2.79. The lowest BCUT2D eigenvalue weighted by atomic mass is 10.1. The first-order valence-corrected chi connectivity index (χ1v) is 5.88. The molecular formula is C13H15F3O2. The maximum atomic E-state index is 12.2. The summed E-state index contributed by atoms with van der Waals surface area (Å²) in [5.41, 5.74) is 0.954. The average molecular weight is 260 g/mol. The third kappa shape index (κ3) is 4.66. The van der Waals surface area contributed by atoms with Crippen molar-refractivity contribution in [3.8, 4) is 0 Å². The monoisotopic (exact) mass is 260 g/mol. The van der Waals surface area contributed by atoms with E-state index in [1.54, 1.807) is 0 Å². The van der Waals surface area contributed by atoms with Crippen molar-refractivity contribution in [1.82, 2.24) is 0 Å². The van der Waals surface area contributed by atoms with Crippen molar-refractivity contribution in [1.29, 1.82) is 0 Å². The summed E-state index contributed by atoms with van der Waals surface area (Å²) in [6, 6.07) is 9.39. The maximum Gasteiger partial charge on any atom is 0.389 e. The van der Waals surface area contributed by atoms with Crippen molar-refractivity contribution in [2.24, 2.45) is 0 Å². The predicted molar refractivity (Wildman–Crippen MR) is 60.0 cm³/mol. The minimum Gasteiger partial charge on any atom is -0.371 e. The Kier molecular flexibility index (Phi) is 4.24. The summed E-state index contributed by atoms with van der Waals surface area (Å²) >= 11 is 0. The van der Waals surface area contributed by atoms with E-state index < -0.39 is 18.7 Å². The van der Waals surface area contributed by atoms with E-state index in [-0.39, 0.29) is 12.5 Å². The highest BCUT2D eigenvalue weighted by Crippen LogP contribution is 2.28. The first kappa shape index (κ1) is 13.4. The van der Waals surface area contributed by atoms with Crippen molar-refractivity contribution in [2.45, 2.75) is 37.8 Å². The number of halogens is 3. The second kappa shape index (κ2) is 5.71. The lowest BCUT2D eigenvalue weighted by Gasteiger charge is -2.16. The van der Waals surface area contributed by atoms with E-state index in [1.165, 1.54) is 0 Å². The summed E-state index contributed by atoms with van der Waals surface area (Å²) in [7, 11) is 0. The Bertz CT molecular complexity index is 360. The predicted octanol–water partition coefficient (Wildman–Crippen LogP) is 3.31. The Balaban J connectivity index is 1.80. The van der Waals surface area contributed by atoms with Crippen LogP contribution < -0.4 is 0 Å². The van der Waals surface area contributed by atoms with Crippen molar-refractivity contribution in [3.63, 3.8) is 0 Å². The smallest absolute Gasteiger partial charge is 0.371 e. The van der Waals surface area contributed by atoms with Gasteiger partial charge in [0.15, 0.2) is 0 Å². The van der Waals surface area contributed by atoms with Crippen LogP contribution in [-0.4, -0.2) is 25.0 Å². The Morgan fingerprint density at radius 3 is 2.50 bits per heavy atom. The van der Waals surface area contributed by atoms with E-state index >= 15 is 0 Å². The number of hydrogen-bond acceptors (Lipinski definition) is 2. The van der Waals surface area contributed by atoms with E-state index in [4.69, 9.17) is 9.47 Å². The van der Waals surface area contributed by atoms with Crippen molar-refractivity contribution in [2.75, 3.05) is 6.61 Å². The Morgan fingerprint density at radius 2 is 1.94 bits per heavy atom. The van der Waals surface area contributed by atoms with Gasteiger partial charge < -0.3 is 9.47 Å². The van der Waals surface area contributed by atoms with Crippen LogP contribution >= 0.6 is 0 Å². The normalized spacial score (nSPS) is 20.7. The first-order valence-electron chi connectivity index (χ1n) is 5.88. The van der Waals surface area contributed by atoms with Crippen LogP contribution in [0.5, 0.6) is 0 Å². The highest BCUT2D eigenvalue weighted by Gasteiger charge is 2.37. The molecule has 100 valence electrons. The fourth-order valence-electron chi connectivity index (χ4n) is 1.73. The molecule has 2 rings (SSSR count). The standard InChI is InChI=1S/C13H15F3O2/c14-13(15,16)7-6-11(12-9-18-12)17-8-10-4-2-1-3-5-10/h1-5,11-12H,6-9H2. The van der Waals surface area contributed by atoms with Gasteiger partial charge in [-0.25, -0.2) is 0 Å². The van der Waals surface area contributed by atoms with Gasteiger partial charge in [0.25, 0.3) is 0 Å². The van der Waals surface area contributed by atoms with Gasteiger partial charge in [-0.3, -0.25) is 0 Å². The summed E-state index contributed by atoms with van der Waals surface area (Å²) in [5, 5.41) is 0. The second-order valence-electron chi connectivity index (χ2n) is 4.36. The van der Waals surface area contributed by atoms with E-state index in [2.05, 4.69) is 0 Å². The van der Waals surface area contributed by atoms with E-state index in [1.807, 2.05) is 30.3 Å². The molecule has 0 N–H and O–H groups in total. The quantitative estimate of drug-likeness (QED) is 0.732. The van der Waals surface area contributed by atoms with Crippen molar-refractivity contribution < 1.29 is 22.6 Å². The van der Waals surface area contributed by atoms with Gasteiger partial charge in [-0.1, -0.05) is 30.3 Å². The largest absolute Gasteiger partial charge is 0.389 e. The summed E-state index contributed by atoms with van der Waals surface area (Å²) in [4.78, 5) is 0. The molecule has 1 heterocycles. The molecule has 1 fully saturated rings. The molecule has 1 saturated heterocycles. The van der Waals surface area contributed by atoms with Gasteiger partial charge in [0.1, 0.15) is 6.10 Å². The molecule has 18 heavy (non-hydrogen) atoms. The highest BCUT2D eigenvalue weighted by atomic mass is 19.4. The summed E-state index contributed by atoms with van der Waals surface area (Å²) in [5.74, 6) is 0. The zero-order chi connectivity index (χ0) is 13.0. The first-order chi connectivity index (χ1) is 8.54. The molecule has 0 spiro atoms. The van der Waals surface area contributed by atoms with E-state index in [9.17, 15) is 13.2 Å². The molecule has 1 aliphatic rings. The van der Waals surface area contributed by atoms with Crippen LogP contribution in [0.2, 0.25) is 0 Å². The maximum absolute atomic E-state index is 12.2. The molecule has 0 amide bonds. The van der Waals surface area contributed by atoms with E-state index in [0.29, 0.717) is 13.2 Å². The Morgan fingerprint density at radius 1 is 1.28 bits per heavy atom. The number of rotatable bonds is 6. The fourth-order valence-corrected chi connectivity index (χ4v) is 1.73. The second-order valence-corrected chi connectivity index (χ2v) is 4.36. The lowest BCUT2D eigenvalue weighted by Crippen LogP contribution is -2.23. The topological polar surface area (TPSA) is 21.8 Å². The van der Waals surface area contributed by atoms with Crippen LogP contribution in [-0.2, 0) is 16.1 Å². The van der Waals surface area contributed by atoms with Gasteiger partial charge in [0.05, 0.1) is 19.3 Å². The van der Waals surface area contributed by atoms with E-state index in [0.717, 1.165) is 5.56 Å². The van der Waals surface area contributed by atoms with Gasteiger partial charge in [0.2, 0.25) is 0 Å². The Labute approximate surface area is 104 Å². The molecule has 2 unspecified atom stereocenters. The number of epoxide rings is 1. The SMILES string of the molecule is FC(F)(F)CCC(OCc1ccccc1)C1CO1. The molecule has 5 heteroatoms. The summed E-state index contributed by atoms with van der Waals surface area (Å²) in [6.07, 6.45) is -5.64. The molecule has 0 saturated carbocycles. The molecule has 0 bridgehead atoms. The number of benzene rings is 1. The van der Waals surface area contributed by atoms with Crippen molar-refractivity contribution in [3.05, 3.63) is 35.9 Å². The minimum atomic E-state index is -4.14. The van der Waals surface area contributed by atoms with Gasteiger partial charge in [0, 0.05) is 6.42 Å². The number of ether oxygens (including phenoxy) is 2. The third-order valence-electron chi connectivity index (χ3n) is 2.79. The van der Waals surface area contributed by atoms with Crippen LogP contribution in [0.3, 0.4) is 0 Å². The minimum absolute atomic E-state index is 0.0407. The van der Waals surface area contributed by atoms with Crippen LogP contribution in [0, 0.1) is 0 Å². The molecule has 0 aromatic heterocycles. The molecule has 1 aliphatic heterocycles. The Hall–Kier alpha value is -1.07. The number of hydrogen-bond donors (Lipinski definition) is 0. The zero-order valence-corrected chi connectivity index (χ0v) is 9.82. The molecule has 0 radical (unpaired) electrons. The summed E-state index contributed by atoms with van der Waals surface area (Å²) < 4.78 is 47.1. The molecule has 1 aromatic rings. The lowest BCUT2D eigenvalue weighted by molar-refractivity contribution is -0.143. The molecular weight excluding hydrogens is 245 g/mol. The zero-order valence-electron chi connectivity index (χ0n) is 9.82. The van der Waals surface area contributed by atoms with Crippen LogP contribution in [0.4, 0.5) is 13.2 Å². The van der Waals surface area contributed by atoms with Crippen LogP contribution in [0.15, 0.2) is 30.3 Å². The number of alkyl halides is 3. The molecule has 0 aliphatic carbocycles. The van der Waals surface area contributed by atoms with Crippen LogP contribution in [0.25, 0.3) is 0 Å². The molecule has 2 nitrogen and oxygen atoms in total. The average Bonchev–Trinajstić information content (AvgIpc) is 3.13. The fraction of sp³-hybridized carbons (Fsp3) is 0.538. The summed E-state index contributed by atoms with van der Waals surface area (Å²) in [6.45, 7) is 0.820. The van der Waals surface area contributed by atoms with Gasteiger partial charge >= 0.3 is 6.18 Å². The highest BCUT2D eigenvalue weighted by molar-refractivity contribution is 5.13. The molecule has 2 atom stereocenters. The molecule has 1 aromatic carbocycles.